The molecule has 0 aromatic carbocycles. The fraction of sp³-hybridized carbons (Fsp3) is 0.727. The molecule has 1 aromatic heterocycles. The lowest BCUT2D eigenvalue weighted by atomic mass is 10.1. The van der Waals surface area contributed by atoms with Gasteiger partial charge in [-0.1, -0.05) is 5.16 Å². The molecule has 0 spiro atoms. The standard InChI is InChI=1S/C11H20N2O2/c1-9-7-10(15-13-9)8-12-6-5-11(2,3)14-4/h7,12H,5-6,8H2,1-4H3. The first kappa shape index (κ1) is 12.2. The Balaban J connectivity index is 2.17. The van der Waals surface area contributed by atoms with Gasteiger partial charge < -0.3 is 14.6 Å². The van der Waals surface area contributed by atoms with Crippen molar-refractivity contribution in [3.63, 3.8) is 0 Å². The van der Waals surface area contributed by atoms with Gasteiger partial charge >= 0.3 is 0 Å². The van der Waals surface area contributed by atoms with Crippen LogP contribution in [0.2, 0.25) is 0 Å². The zero-order valence-corrected chi connectivity index (χ0v) is 9.96. The maximum atomic E-state index is 5.32. The van der Waals surface area contributed by atoms with E-state index < -0.39 is 0 Å². The van der Waals surface area contributed by atoms with E-state index in [0.717, 1.165) is 31.0 Å². The number of aryl methyl sites for hydroxylation is 1. The SMILES string of the molecule is COC(C)(C)CCNCc1cc(C)no1. The molecule has 1 N–H and O–H groups in total. The molecule has 0 fully saturated rings. The maximum Gasteiger partial charge on any atom is 0.150 e. The monoisotopic (exact) mass is 212 g/mol. The van der Waals surface area contributed by atoms with Crippen molar-refractivity contribution in [3.05, 3.63) is 17.5 Å². The lowest BCUT2D eigenvalue weighted by Gasteiger charge is -2.22. The second-order valence-corrected chi connectivity index (χ2v) is 4.33. The topological polar surface area (TPSA) is 47.3 Å². The molecule has 86 valence electrons. The van der Waals surface area contributed by atoms with Gasteiger partial charge in [-0.15, -0.1) is 0 Å². The van der Waals surface area contributed by atoms with E-state index in [1.54, 1.807) is 7.11 Å². The first-order valence-corrected chi connectivity index (χ1v) is 5.21. The summed E-state index contributed by atoms with van der Waals surface area (Å²) in [7, 11) is 1.74. The highest BCUT2D eigenvalue weighted by Gasteiger charge is 2.15. The summed E-state index contributed by atoms with van der Waals surface area (Å²) in [5.41, 5.74) is 0.855. The molecule has 0 radical (unpaired) electrons. The van der Waals surface area contributed by atoms with Crippen molar-refractivity contribution in [2.24, 2.45) is 0 Å². The quantitative estimate of drug-likeness (QED) is 0.731. The molecule has 4 nitrogen and oxygen atoms in total. The third-order valence-electron chi connectivity index (χ3n) is 2.43. The molecule has 0 saturated carbocycles. The summed E-state index contributed by atoms with van der Waals surface area (Å²) in [5, 5.41) is 7.11. The van der Waals surface area contributed by atoms with Crippen molar-refractivity contribution in [1.29, 1.82) is 0 Å². The van der Waals surface area contributed by atoms with Crippen molar-refractivity contribution in [2.75, 3.05) is 13.7 Å². The molecule has 0 saturated heterocycles. The molecule has 15 heavy (non-hydrogen) atoms. The Bertz CT molecular complexity index is 295. The second kappa shape index (κ2) is 5.28. The summed E-state index contributed by atoms with van der Waals surface area (Å²) >= 11 is 0. The van der Waals surface area contributed by atoms with Crippen LogP contribution in [-0.4, -0.2) is 24.4 Å². The van der Waals surface area contributed by atoms with Crippen molar-refractivity contribution < 1.29 is 9.26 Å². The second-order valence-electron chi connectivity index (χ2n) is 4.33. The Kier molecular flexibility index (Phi) is 4.29. The van der Waals surface area contributed by atoms with Gasteiger partial charge in [0.15, 0.2) is 5.76 Å². The van der Waals surface area contributed by atoms with Crippen molar-refractivity contribution in [2.45, 2.75) is 39.3 Å². The van der Waals surface area contributed by atoms with Gasteiger partial charge in [0, 0.05) is 13.2 Å². The predicted molar refractivity (Wildman–Crippen MR) is 58.7 cm³/mol. The summed E-state index contributed by atoms with van der Waals surface area (Å²) < 4.78 is 10.4. The third kappa shape index (κ3) is 4.44. The van der Waals surface area contributed by atoms with E-state index in [1.807, 2.05) is 13.0 Å². The van der Waals surface area contributed by atoms with Crippen LogP contribution in [0.4, 0.5) is 0 Å². The van der Waals surface area contributed by atoms with Crippen LogP contribution in [-0.2, 0) is 11.3 Å². The molecule has 0 amide bonds. The minimum Gasteiger partial charge on any atom is -0.379 e. The third-order valence-corrected chi connectivity index (χ3v) is 2.43. The number of methoxy groups -OCH3 is 1. The van der Waals surface area contributed by atoms with Crippen LogP contribution in [0, 0.1) is 6.92 Å². The van der Waals surface area contributed by atoms with E-state index in [2.05, 4.69) is 24.3 Å². The van der Waals surface area contributed by atoms with E-state index in [0.29, 0.717) is 0 Å². The fourth-order valence-electron chi connectivity index (χ4n) is 1.20. The van der Waals surface area contributed by atoms with E-state index >= 15 is 0 Å². The van der Waals surface area contributed by atoms with Gasteiger partial charge in [-0.05, 0) is 33.7 Å². The summed E-state index contributed by atoms with van der Waals surface area (Å²) in [6, 6.07) is 1.94. The zero-order chi connectivity index (χ0) is 11.3. The summed E-state index contributed by atoms with van der Waals surface area (Å²) in [6.45, 7) is 7.70. The van der Waals surface area contributed by atoms with Crippen LogP contribution in [0.5, 0.6) is 0 Å². The van der Waals surface area contributed by atoms with Crippen molar-refractivity contribution in [3.8, 4) is 0 Å². The van der Waals surface area contributed by atoms with Crippen LogP contribution in [0.15, 0.2) is 10.6 Å². The Morgan fingerprint density at radius 1 is 1.53 bits per heavy atom. The summed E-state index contributed by atoms with van der Waals surface area (Å²) in [6.07, 6.45) is 0.969. The molecule has 1 heterocycles. The van der Waals surface area contributed by atoms with Gasteiger partial charge in [0.1, 0.15) is 0 Å². The predicted octanol–water partition coefficient (Wildman–Crippen LogP) is 1.89. The van der Waals surface area contributed by atoms with Crippen LogP contribution in [0.3, 0.4) is 0 Å². The maximum absolute atomic E-state index is 5.32. The smallest absolute Gasteiger partial charge is 0.150 e. The van der Waals surface area contributed by atoms with Crippen LogP contribution in [0.1, 0.15) is 31.7 Å². The molecule has 1 rings (SSSR count). The van der Waals surface area contributed by atoms with Crippen molar-refractivity contribution >= 4 is 0 Å². The normalized spacial score (nSPS) is 12.0. The summed E-state index contributed by atoms with van der Waals surface area (Å²) in [4.78, 5) is 0. The Morgan fingerprint density at radius 3 is 2.80 bits per heavy atom. The van der Waals surface area contributed by atoms with Gasteiger partial charge in [0.05, 0.1) is 17.8 Å². The van der Waals surface area contributed by atoms with Gasteiger partial charge in [-0.25, -0.2) is 0 Å². The van der Waals surface area contributed by atoms with Gasteiger partial charge in [-0.3, -0.25) is 0 Å². The molecule has 0 unspecified atom stereocenters. The zero-order valence-electron chi connectivity index (χ0n) is 9.96. The highest BCUT2D eigenvalue weighted by molar-refractivity contribution is 5.02. The highest BCUT2D eigenvalue weighted by Crippen LogP contribution is 2.11. The first-order chi connectivity index (χ1) is 7.03. The molecule has 0 aliphatic rings. The average molecular weight is 212 g/mol. The molecule has 0 atom stereocenters. The lowest BCUT2D eigenvalue weighted by molar-refractivity contribution is 0.0157. The van der Waals surface area contributed by atoms with Gasteiger partial charge in [0.2, 0.25) is 0 Å². The molecule has 0 aliphatic carbocycles. The highest BCUT2D eigenvalue weighted by atomic mass is 16.5. The minimum absolute atomic E-state index is 0.0651. The molecule has 4 heteroatoms. The molecular weight excluding hydrogens is 192 g/mol. The van der Waals surface area contributed by atoms with Crippen LogP contribution < -0.4 is 5.32 Å². The largest absolute Gasteiger partial charge is 0.379 e. The number of ether oxygens (including phenoxy) is 1. The molecule has 1 aromatic rings. The molecule has 0 aliphatic heterocycles. The van der Waals surface area contributed by atoms with Gasteiger partial charge in [-0.2, -0.15) is 0 Å². The van der Waals surface area contributed by atoms with Crippen LogP contribution in [0.25, 0.3) is 0 Å². The fourth-order valence-corrected chi connectivity index (χ4v) is 1.20. The number of rotatable bonds is 6. The van der Waals surface area contributed by atoms with E-state index in [4.69, 9.17) is 9.26 Å². The number of hydrogen-bond acceptors (Lipinski definition) is 4. The summed E-state index contributed by atoms with van der Waals surface area (Å²) in [5.74, 6) is 0.878. The van der Waals surface area contributed by atoms with Crippen LogP contribution >= 0.6 is 0 Å². The average Bonchev–Trinajstić information content (AvgIpc) is 2.59. The Hall–Kier alpha value is -0.870. The van der Waals surface area contributed by atoms with E-state index in [1.165, 1.54) is 0 Å². The first-order valence-electron chi connectivity index (χ1n) is 5.21. The number of nitrogens with zero attached hydrogens (tertiary/aromatic N) is 1. The minimum atomic E-state index is -0.0651. The number of hydrogen-bond donors (Lipinski definition) is 1. The molecule has 0 bridgehead atoms. The van der Waals surface area contributed by atoms with E-state index in [-0.39, 0.29) is 5.60 Å². The molecular formula is C11H20N2O2. The number of nitrogens with one attached hydrogen (secondary N) is 1. The van der Waals surface area contributed by atoms with E-state index in [9.17, 15) is 0 Å². The Labute approximate surface area is 91.0 Å². The van der Waals surface area contributed by atoms with Crippen molar-refractivity contribution in [1.82, 2.24) is 10.5 Å². The lowest BCUT2D eigenvalue weighted by Crippen LogP contribution is -2.28. The van der Waals surface area contributed by atoms with Gasteiger partial charge in [0.25, 0.3) is 0 Å². The Morgan fingerprint density at radius 2 is 2.27 bits per heavy atom. The number of aromatic nitrogens is 1.